The number of hydrogen-bond donors (Lipinski definition) is 1. The first-order valence-corrected chi connectivity index (χ1v) is 12.5. The largest absolute Gasteiger partial charge is 0.482 e. The predicted octanol–water partition coefficient (Wildman–Crippen LogP) is 3.63. The zero-order valence-corrected chi connectivity index (χ0v) is 20.1. The number of carbonyl (C=O) groups is 2. The summed E-state index contributed by atoms with van der Waals surface area (Å²) in [5.74, 6) is -0.432. The highest BCUT2D eigenvalue weighted by Gasteiger charge is 2.28. The summed E-state index contributed by atoms with van der Waals surface area (Å²) in [4.78, 5) is 25.9. The molecule has 1 fully saturated rings. The number of piperidine rings is 1. The van der Waals surface area contributed by atoms with E-state index in [1.807, 2.05) is 6.92 Å². The molecule has 1 heterocycles. The molecule has 1 amide bonds. The third-order valence-electron chi connectivity index (χ3n) is 5.34. The lowest BCUT2D eigenvalue weighted by molar-refractivity contribution is -0.151. The Bertz CT molecular complexity index is 1100. The van der Waals surface area contributed by atoms with Crippen LogP contribution in [0.15, 0.2) is 47.4 Å². The monoisotopic (exact) mass is 494 g/mol. The maximum absolute atomic E-state index is 12.6. The number of hydrogen-bond acceptors (Lipinski definition) is 6. The maximum Gasteiger partial charge on any atom is 0.309 e. The van der Waals surface area contributed by atoms with Crippen LogP contribution in [0.3, 0.4) is 0 Å². The Morgan fingerprint density at radius 1 is 1.12 bits per heavy atom. The van der Waals surface area contributed by atoms with E-state index in [2.05, 4.69) is 4.72 Å². The summed E-state index contributed by atoms with van der Waals surface area (Å²) in [6.45, 7) is 4.67. The molecule has 1 N–H and O–H groups in total. The average molecular weight is 495 g/mol. The van der Waals surface area contributed by atoms with Crippen molar-refractivity contribution in [3.8, 4) is 5.75 Å². The summed E-state index contributed by atoms with van der Waals surface area (Å²) in [6, 6.07) is 11.0. The first kappa shape index (κ1) is 24.9. The van der Waals surface area contributed by atoms with E-state index in [0.717, 1.165) is 5.56 Å². The van der Waals surface area contributed by atoms with Gasteiger partial charge in [0.05, 0.1) is 22.4 Å². The van der Waals surface area contributed by atoms with Crippen LogP contribution in [-0.2, 0) is 24.3 Å². The Morgan fingerprint density at radius 3 is 2.39 bits per heavy atom. The van der Waals surface area contributed by atoms with Crippen LogP contribution < -0.4 is 9.46 Å². The Labute approximate surface area is 198 Å². The highest BCUT2D eigenvalue weighted by molar-refractivity contribution is 7.92. The molecule has 0 saturated carbocycles. The molecule has 33 heavy (non-hydrogen) atoms. The number of anilines is 1. The number of ether oxygens (including phenoxy) is 2. The zero-order valence-electron chi connectivity index (χ0n) is 18.5. The topological polar surface area (TPSA) is 102 Å². The highest BCUT2D eigenvalue weighted by Crippen LogP contribution is 2.28. The van der Waals surface area contributed by atoms with Crippen LogP contribution >= 0.6 is 11.6 Å². The number of aryl methyl sites for hydroxylation is 1. The van der Waals surface area contributed by atoms with Crippen molar-refractivity contribution < 1.29 is 27.5 Å². The second kappa shape index (κ2) is 10.9. The molecule has 1 saturated heterocycles. The minimum Gasteiger partial charge on any atom is -0.482 e. The molecule has 2 aromatic rings. The van der Waals surface area contributed by atoms with E-state index in [1.165, 1.54) is 18.2 Å². The summed E-state index contributed by atoms with van der Waals surface area (Å²) in [7, 11) is -3.83. The molecule has 0 bridgehead atoms. The molecule has 1 aliphatic rings. The Morgan fingerprint density at radius 2 is 1.79 bits per heavy atom. The smallest absolute Gasteiger partial charge is 0.309 e. The Hall–Kier alpha value is -2.78. The van der Waals surface area contributed by atoms with E-state index in [4.69, 9.17) is 21.1 Å². The number of esters is 1. The standard InChI is InChI=1S/C23H27ClN2O6S/c1-3-31-23(28)17-10-12-26(13-11-17)22(27)15-32-21-9-8-19(14-20(21)24)33(29,30)25-18-6-4-16(2)5-7-18/h4-9,14,17,25H,3,10-13,15H2,1-2H3. The van der Waals surface area contributed by atoms with Crippen LogP contribution in [0.1, 0.15) is 25.3 Å². The Balaban J connectivity index is 1.55. The molecule has 1 aliphatic heterocycles. The second-order valence-corrected chi connectivity index (χ2v) is 9.85. The summed E-state index contributed by atoms with van der Waals surface area (Å²) in [6.07, 6.45) is 1.09. The van der Waals surface area contributed by atoms with Gasteiger partial charge in [-0.25, -0.2) is 8.42 Å². The fraction of sp³-hybridized carbons (Fsp3) is 0.391. The molecule has 0 aliphatic carbocycles. The number of nitrogens with zero attached hydrogens (tertiary/aromatic N) is 1. The van der Waals surface area contributed by atoms with Gasteiger partial charge < -0.3 is 14.4 Å². The lowest BCUT2D eigenvalue weighted by atomic mass is 9.97. The van der Waals surface area contributed by atoms with Gasteiger partial charge in [-0.2, -0.15) is 0 Å². The van der Waals surface area contributed by atoms with Gasteiger partial charge in [-0.3, -0.25) is 14.3 Å². The zero-order chi connectivity index (χ0) is 24.0. The van der Waals surface area contributed by atoms with Crippen LogP contribution in [0.4, 0.5) is 5.69 Å². The fourth-order valence-corrected chi connectivity index (χ4v) is 4.84. The van der Waals surface area contributed by atoms with Crippen LogP contribution in [0.5, 0.6) is 5.75 Å². The highest BCUT2D eigenvalue weighted by atomic mass is 35.5. The summed E-state index contributed by atoms with van der Waals surface area (Å²) < 4.78 is 38.3. The first-order chi connectivity index (χ1) is 15.7. The average Bonchev–Trinajstić information content (AvgIpc) is 2.79. The van der Waals surface area contributed by atoms with Gasteiger partial charge in [0.15, 0.2) is 6.61 Å². The van der Waals surface area contributed by atoms with Crippen molar-refractivity contribution in [2.24, 2.45) is 5.92 Å². The maximum atomic E-state index is 12.6. The molecule has 0 atom stereocenters. The van der Waals surface area contributed by atoms with Gasteiger partial charge >= 0.3 is 5.97 Å². The number of nitrogens with one attached hydrogen (secondary N) is 1. The molecule has 0 radical (unpaired) electrons. The quantitative estimate of drug-likeness (QED) is 0.562. The van der Waals surface area contributed by atoms with Gasteiger partial charge in [0.25, 0.3) is 15.9 Å². The number of sulfonamides is 1. The van der Waals surface area contributed by atoms with Gasteiger partial charge in [0.1, 0.15) is 5.75 Å². The number of benzene rings is 2. The minimum absolute atomic E-state index is 0.0206. The first-order valence-electron chi connectivity index (χ1n) is 10.7. The van der Waals surface area contributed by atoms with Gasteiger partial charge in [-0.05, 0) is 57.0 Å². The van der Waals surface area contributed by atoms with Gasteiger partial charge in [-0.15, -0.1) is 0 Å². The number of carbonyl (C=O) groups excluding carboxylic acids is 2. The molecule has 10 heteroatoms. The van der Waals surface area contributed by atoms with E-state index < -0.39 is 10.0 Å². The Kier molecular flexibility index (Phi) is 8.20. The number of amides is 1. The van der Waals surface area contributed by atoms with Gasteiger partial charge in [-0.1, -0.05) is 29.3 Å². The third-order valence-corrected chi connectivity index (χ3v) is 7.01. The van der Waals surface area contributed by atoms with Crippen molar-refractivity contribution in [2.75, 3.05) is 31.0 Å². The van der Waals surface area contributed by atoms with Crippen LogP contribution in [-0.4, -0.2) is 51.5 Å². The molecule has 0 spiro atoms. The van der Waals surface area contributed by atoms with E-state index in [1.54, 1.807) is 36.1 Å². The van der Waals surface area contributed by atoms with Crippen LogP contribution in [0.25, 0.3) is 0 Å². The molecule has 178 valence electrons. The van der Waals surface area contributed by atoms with E-state index >= 15 is 0 Å². The second-order valence-electron chi connectivity index (χ2n) is 7.76. The lowest BCUT2D eigenvalue weighted by Crippen LogP contribution is -2.42. The number of rotatable bonds is 8. The molecule has 0 aromatic heterocycles. The van der Waals surface area contributed by atoms with Crippen LogP contribution in [0, 0.1) is 12.8 Å². The SMILES string of the molecule is CCOC(=O)C1CCN(C(=O)COc2ccc(S(=O)(=O)Nc3ccc(C)cc3)cc2Cl)CC1. The summed E-state index contributed by atoms with van der Waals surface area (Å²) in [5.41, 5.74) is 1.45. The normalized spacial score (nSPS) is 14.6. The van der Waals surface area contributed by atoms with Crippen molar-refractivity contribution >= 4 is 39.2 Å². The van der Waals surface area contributed by atoms with Gasteiger partial charge in [0, 0.05) is 18.8 Å². The van der Waals surface area contributed by atoms with Crippen LogP contribution in [0.2, 0.25) is 5.02 Å². The molecular weight excluding hydrogens is 468 g/mol. The molecule has 3 rings (SSSR count). The van der Waals surface area contributed by atoms with E-state index in [9.17, 15) is 18.0 Å². The lowest BCUT2D eigenvalue weighted by Gasteiger charge is -2.30. The summed E-state index contributed by atoms with van der Waals surface area (Å²) >= 11 is 6.22. The van der Waals surface area contributed by atoms with Crippen molar-refractivity contribution in [2.45, 2.75) is 31.6 Å². The van der Waals surface area contributed by atoms with Crippen molar-refractivity contribution in [1.82, 2.24) is 4.90 Å². The minimum atomic E-state index is -3.83. The van der Waals surface area contributed by atoms with Crippen molar-refractivity contribution in [1.29, 1.82) is 0 Å². The van der Waals surface area contributed by atoms with E-state index in [0.29, 0.717) is 38.2 Å². The molecule has 0 unspecified atom stereocenters. The third kappa shape index (κ3) is 6.61. The number of likely N-dealkylation sites (tertiary alicyclic amines) is 1. The predicted molar refractivity (Wildman–Crippen MR) is 125 cm³/mol. The molecular formula is C23H27ClN2O6S. The fourth-order valence-electron chi connectivity index (χ4n) is 3.46. The molecule has 8 nitrogen and oxygen atoms in total. The van der Waals surface area contributed by atoms with Crippen molar-refractivity contribution in [3.05, 3.63) is 53.1 Å². The summed E-state index contributed by atoms with van der Waals surface area (Å²) in [5, 5.41) is 0.0793. The van der Waals surface area contributed by atoms with Crippen molar-refractivity contribution in [3.63, 3.8) is 0 Å². The molecule has 2 aromatic carbocycles. The van der Waals surface area contributed by atoms with E-state index in [-0.39, 0.29) is 40.1 Å². The van der Waals surface area contributed by atoms with Gasteiger partial charge in [0.2, 0.25) is 0 Å². The number of halogens is 1.